The van der Waals surface area contributed by atoms with Crippen LogP contribution in [-0.4, -0.2) is 18.9 Å². The SMILES string of the molecule is CCC(C)S(=O)(=O)C1CCc2ccccc2C1N. The molecule has 2 rings (SSSR count). The van der Waals surface area contributed by atoms with E-state index >= 15 is 0 Å². The maximum absolute atomic E-state index is 12.5. The van der Waals surface area contributed by atoms with Crippen molar-refractivity contribution in [2.45, 2.75) is 49.7 Å². The van der Waals surface area contributed by atoms with Crippen LogP contribution in [0.3, 0.4) is 0 Å². The summed E-state index contributed by atoms with van der Waals surface area (Å²) in [5.41, 5.74) is 8.39. The van der Waals surface area contributed by atoms with Crippen LogP contribution >= 0.6 is 0 Å². The summed E-state index contributed by atoms with van der Waals surface area (Å²) in [4.78, 5) is 0. The van der Waals surface area contributed by atoms with Gasteiger partial charge in [-0.3, -0.25) is 0 Å². The smallest absolute Gasteiger partial charge is 0.157 e. The van der Waals surface area contributed by atoms with E-state index in [2.05, 4.69) is 0 Å². The van der Waals surface area contributed by atoms with E-state index in [4.69, 9.17) is 5.73 Å². The third-order valence-corrected chi connectivity index (χ3v) is 6.90. The molecule has 1 aromatic rings. The largest absolute Gasteiger partial charge is 0.323 e. The van der Waals surface area contributed by atoms with Crippen LogP contribution in [0.1, 0.15) is 43.9 Å². The molecule has 18 heavy (non-hydrogen) atoms. The molecule has 0 aromatic heterocycles. The molecule has 3 nitrogen and oxygen atoms in total. The summed E-state index contributed by atoms with van der Waals surface area (Å²) in [6.07, 6.45) is 2.10. The maximum atomic E-state index is 12.5. The van der Waals surface area contributed by atoms with E-state index in [1.54, 1.807) is 6.92 Å². The Morgan fingerprint density at radius 3 is 2.72 bits per heavy atom. The van der Waals surface area contributed by atoms with Gasteiger partial charge < -0.3 is 5.73 Å². The average Bonchev–Trinajstić information content (AvgIpc) is 2.38. The van der Waals surface area contributed by atoms with E-state index < -0.39 is 15.1 Å². The highest BCUT2D eigenvalue weighted by Crippen LogP contribution is 2.34. The Morgan fingerprint density at radius 1 is 1.39 bits per heavy atom. The lowest BCUT2D eigenvalue weighted by atomic mass is 9.88. The number of fused-ring (bicyclic) bond motifs is 1. The van der Waals surface area contributed by atoms with Crippen molar-refractivity contribution >= 4 is 9.84 Å². The molecule has 0 radical (unpaired) electrons. The number of hydrogen-bond donors (Lipinski definition) is 1. The van der Waals surface area contributed by atoms with E-state index in [0.29, 0.717) is 12.8 Å². The van der Waals surface area contributed by atoms with Crippen molar-refractivity contribution in [1.82, 2.24) is 0 Å². The summed E-state index contributed by atoms with van der Waals surface area (Å²) < 4.78 is 24.9. The molecule has 0 aliphatic heterocycles. The minimum atomic E-state index is -3.13. The standard InChI is InChI=1S/C14H21NO2S/c1-3-10(2)18(16,17)13-9-8-11-6-4-5-7-12(11)14(13)15/h4-7,10,13-14H,3,8-9,15H2,1-2H3. The molecular weight excluding hydrogens is 246 g/mol. The van der Waals surface area contributed by atoms with E-state index in [0.717, 1.165) is 12.0 Å². The summed E-state index contributed by atoms with van der Waals surface area (Å²) in [6, 6.07) is 7.53. The van der Waals surface area contributed by atoms with E-state index in [-0.39, 0.29) is 11.3 Å². The third-order valence-electron chi connectivity index (χ3n) is 4.07. The second kappa shape index (κ2) is 5.02. The van der Waals surface area contributed by atoms with E-state index in [9.17, 15) is 8.42 Å². The second-order valence-electron chi connectivity index (χ2n) is 5.11. The first-order valence-corrected chi connectivity index (χ1v) is 8.15. The Balaban J connectivity index is 2.35. The molecule has 0 saturated heterocycles. The molecule has 0 fully saturated rings. The fourth-order valence-corrected chi connectivity index (χ4v) is 4.73. The topological polar surface area (TPSA) is 60.2 Å². The number of benzene rings is 1. The zero-order valence-electron chi connectivity index (χ0n) is 11.0. The van der Waals surface area contributed by atoms with Gasteiger partial charge in [0.15, 0.2) is 9.84 Å². The monoisotopic (exact) mass is 267 g/mol. The first kappa shape index (κ1) is 13.6. The molecule has 3 atom stereocenters. The van der Waals surface area contributed by atoms with Gasteiger partial charge in [0.25, 0.3) is 0 Å². The summed E-state index contributed by atoms with van der Waals surface area (Å²) >= 11 is 0. The van der Waals surface area contributed by atoms with Crippen molar-refractivity contribution in [2.75, 3.05) is 0 Å². The predicted octanol–water partition coefficient (Wildman–Crippen LogP) is 2.21. The van der Waals surface area contributed by atoms with Gasteiger partial charge in [0, 0.05) is 6.04 Å². The Labute approximate surface area is 109 Å². The van der Waals surface area contributed by atoms with Crippen LogP contribution < -0.4 is 5.73 Å². The van der Waals surface area contributed by atoms with Crippen LogP contribution in [0.2, 0.25) is 0 Å². The van der Waals surface area contributed by atoms with Gasteiger partial charge >= 0.3 is 0 Å². The summed E-state index contributed by atoms with van der Waals surface area (Å²) in [7, 11) is -3.13. The van der Waals surface area contributed by atoms with Gasteiger partial charge in [-0.2, -0.15) is 0 Å². The van der Waals surface area contributed by atoms with Crippen LogP contribution in [0.5, 0.6) is 0 Å². The Kier molecular flexibility index (Phi) is 3.78. The van der Waals surface area contributed by atoms with Gasteiger partial charge in [-0.15, -0.1) is 0 Å². The lowest BCUT2D eigenvalue weighted by Crippen LogP contribution is -2.41. The summed E-state index contributed by atoms with van der Waals surface area (Å²) in [5, 5.41) is -0.735. The molecule has 3 unspecified atom stereocenters. The van der Waals surface area contributed by atoms with Crippen molar-refractivity contribution in [3.63, 3.8) is 0 Å². The Morgan fingerprint density at radius 2 is 2.06 bits per heavy atom. The van der Waals surface area contributed by atoms with Crippen LogP contribution in [-0.2, 0) is 16.3 Å². The number of nitrogens with two attached hydrogens (primary N) is 1. The minimum Gasteiger partial charge on any atom is -0.323 e. The minimum absolute atomic E-state index is 0.307. The third kappa shape index (κ3) is 2.19. The Bertz CT molecular complexity index is 524. The number of aryl methyl sites for hydroxylation is 1. The zero-order chi connectivity index (χ0) is 13.3. The normalized spacial score (nSPS) is 25.5. The molecule has 4 heteroatoms. The van der Waals surface area contributed by atoms with Crippen molar-refractivity contribution in [2.24, 2.45) is 5.73 Å². The molecule has 2 N–H and O–H groups in total. The van der Waals surface area contributed by atoms with E-state index in [1.807, 2.05) is 31.2 Å². The van der Waals surface area contributed by atoms with Crippen molar-refractivity contribution in [3.05, 3.63) is 35.4 Å². The predicted molar refractivity (Wildman–Crippen MR) is 74.2 cm³/mol. The Hall–Kier alpha value is -0.870. The van der Waals surface area contributed by atoms with Crippen LogP contribution in [0, 0.1) is 0 Å². The molecule has 1 aliphatic carbocycles. The molecule has 100 valence electrons. The van der Waals surface area contributed by atoms with Gasteiger partial charge in [-0.25, -0.2) is 8.42 Å². The summed E-state index contributed by atoms with van der Waals surface area (Å²) in [6.45, 7) is 3.69. The van der Waals surface area contributed by atoms with Gasteiger partial charge in [0.2, 0.25) is 0 Å². The van der Waals surface area contributed by atoms with Gasteiger partial charge in [0.05, 0.1) is 10.5 Å². The quantitative estimate of drug-likeness (QED) is 0.913. The highest BCUT2D eigenvalue weighted by molar-refractivity contribution is 7.92. The van der Waals surface area contributed by atoms with Gasteiger partial charge in [-0.05, 0) is 37.3 Å². The number of hydrogen-bond acceptors (Lipinski definition) is 3. The van der Waals surface area contributed by atoms with Gasteiger partial charge in [-0.1, -0.05) is 31.2 Å². The summed E-state index contributed by atoms with van der Waals surface area (Å²) in [5.74, 6) is 0. The molecular formula is C14H21NO2S. The first-order chi connectivity index (χ1) is 8.48. The molecule has 0 spiro atoms. The van der Waals surface area contributed by atoms with Gasteiger partial charge in [0.1, 0.15) is 0 Å². The number of rotatable bonds is 3. The lowest BCUT2D eigenvalue weighted by Gasteiger charge is -2.32. The molecule has 1 aromatic carbocycles. The zero-order valence-corrected chi connectivity index (χ0v) is 11.8. The molecule has 1 aliphatic rings. The molecule has 0 amide bonds. The van der Waals surface area contributed by atoms with Crippen LogP contribution in [0.25, 0.3) is 0 Å². The molecule has 0 saturated carbocycles. The van der Waals surface area contributed by atoms with Crippen LogP contribution in [0.4, 0.5) is 0 Å². The highest BCUT2D eigenvalue weighted by Gasteiger charge is 2.38. The first-order valence-electron chi connectivity index (χ1n) is 6.54. The van der Waals surface area contributed by atoms with E-state index in [1.165, 1.54) is 5.56 Å². The molecule has 0 bridgehead atoms. The fourth-order valence-electron chi connectivity index (χ4n) is 2.66. The molecule has 0 heterocycles. The lowest BCUT2D eigenvalue weighted by molar-refractivity contribution is 0.511. The van der Waals surface area contributed by atoms with Crippen molar-refractivity contribution < 1.29 is 8.42 Å². The van der Waals surface area contributed by atoms with Crippen LogP contribution in [0.15, 0.2) is 24.3 Å². The number of sulfone groups is 1. The average molecular weight is 267 g/mol. The van der Waals surface area contributed by atoms with Crippen molar-refractivity contribution in [3.8, 4) is 0 Å². The van der Waals surface area contributed by atoms with Crippen molar-refractivity contribution in [1.29, 1.82) is 0 Å². The second-order valence-corrected chi connectivity index (χ2v) is 7.70. The fraction of sp³-hybridized carbons (Fsp3) is 0.571. The highest BCUT2D eigenvalue weighted by atomic mass is 32.2. The maximum Gasteiger partial charge on any atom is 0.157 e.